The molecule has 0 radical (unpaired) electrons. The molecule has 0 atom stereocenters. The lowest BCUT2D eigenvalue weighted by Gasteiger charge is -2.23. The van der Waals surface area contributed by atoms with Gasteiger partial charge < -0.3 is 32.7 Å². The van der Waals surface area contributed by atoms with Crippen molar-refractivity contribution in [2.45, 2.75) is 12.8 Å². The van der Waals surface area contributed by atoms with E-state index < -0.39 is 0 Å². The van der Waals surface area contributed by atoms with Crippen molar-refractivity contribution in [3.63, 3.8) is 0 Å². The fourth-order valence-electron chi connectivity index (χ4n) is 2.29. The number of nitrogens with two attached hydrogens (primary N) is 3. The molecule has 0 spiro atoms. The van der Waals surface area contributed by atoms with E-state index in [0.717, 1.165) is 17.3 Å². The fraction of sp³-hybridized carbons (Fsp3) is 0.833. The van der Waals surface area contributed by atoms with Crippen molar-refractivity contribution in [1.82, 2.24) is 15.5 Å². The molecule has 0 saturated heterocycles. The maximum absolute atomic E-state index is 12.5. The first kappa shape index (κ1) is 29.3. The number of nitrogens with zero attached hydrogens (tertiary/aromatic N) is 1. The zero-order chi connectivity index (χ0) is 22.5. The lowest BCUT2D eigenvalue weighted by atomic mass is 10.3. The number of amides is 3. The molecule has 8 N–H and O–H groups in total. The predicted molar refractivity (Wildman–Crippen MR) is 131 cm³/mol. The molecular weight excluding hydrogens is 444 g/mol. The van der Waals surface area contributed by atoms with Crippen molar-refractivity contribution in [1.29, 1.82) is 0 Å². The summed E-state index contributed by atoms with van der Waals surface area (Å²) in [5.74, 6) is 3.49. The summed E-state index contributed by atoms with van der Waals surface area (Å²) in [5, 5.41) is 5.73. The van der Waals surface area contributed by atoms with Crippen LogP contribution in [-0.2, 0) is 14.4 Å². The first-order valence-corrected chi connectivity index (χ1v) is 13.7. The summed E-state index contributed by atoms with van der Waals surface area (Å²) in [7, 11) is 0. The van der Waals surface area contributed by atoms with E-state index in [1.165, 1.54) is 35.3 Å². The maximum Gasteiger partial charge on any atom is 0.232 e. The monoisotopic (exact) mass is 482 g/mol. The molecule has 0 aliphatic rings. The Hall–Kier alpha value is -0.660. The Kier molecular flexibility index (Phi) is 21.1. The molecule has 0 heterocycles. The van der Waals surface area contributed by atoms with Crippen molar-refractivity contribution >= 4 is 53.0 Å². The zero-order valence-electron chi connectivity index (χ0n) is 17.7. The van der Waals surface area contributed by atoms with Gasteiger partial charge in [-0.05, 0) is 12.8 Å². The quantitative estimate of drug-likeness (QED) is 0.136. The normalized spacial score (nSPS) is 10.6. The number of thioether (sulfide) groups is 3. The van der Waals surface area contributed by atoms with Gasteiger partial charge in [-0.15, -0.1) is 0 Å². The van der Waals surface area contributed by atoms with E-state index in [4.69, 9.17) is 17.2 Å². The Labute approximate surface area is 193 Å². The molecule has 176 valence electrons. The molecule has 0 aliphatic carbocycles. The highest BCUT2D eigenvalue weighted by Gasteiger charge is 2.13. The summed E-state index contributed by atoms with van der Waals surface area (Å²) in [6.07, 6.45) is 1.37. The largest absolute Gasteiger partial charge is 0.355 e. The van der Waals surface area contributed by atoms with Crippen molar-refractivity contribution in [3.05, 3.63) is 0 Å². The Morgan fingerprint density at radius 3 is 1.47 bits per heavy atom. The summed E-state index contributed by atoms with van der Waals surface area (Å²) < 4.78 is 0. The van der Waals surface area contributed by atoms with E-state index in [1.54, 1.807) is 4.90 Å². The zero-order valence-corrected chi connectivity index (χ0v) is 20.2. The second-order valence-electron chi connectivity index (χ2n) is 6.31. The highest BCUT2D eigenvalue weighted by molar-refractivity contribution is 8.00. The SMILES string of the molecule is NCCSCC(=O)NCCCN(CCCNC(=O)CSCCN)C(=O)CSCCN. The van der Waals surface area contributed by atoms with E-state index in [1.807, 2.05) is 0 Å². The second kappa shape index (κ2) is 21.6. The van der Waals surface area contributed by atoms with Gasteiger partial charge in [0.25, 0.3) is 0 Å². The number of carbonyl (C=O) groups is 3. The average molecular weight is 483 g/mol. The molecule has 0 aliphatic heterocycles. The van der Waals surface area contributed by atoms with Gasteiger partial charge in [-0.25, -0.2) is 0 Å². The third kappa shape index (κ3) is 18.1. The smallest absolute Gasteiger partial charge is 0.232 e. The summed E-state index contributed by atoms with van der Waals surface area (Å²) in [5.41, 5.74) is 16.3. The van der Waals surface area contributed by atoms with Gasteiger partial charge in [-0.3, -0.25) is 14.4 Å². The van der Waals surface area contributed by atoms with Crippen molar-refractivity contribution in [3.8, 4) is 0 Å². The number of nitrogens with one attached hydrogen (secondary N) is 2. The third-order valence-corrected chi connectivity index (χ3v) is 6.64. The van der Waals surface area contributed by atoms with Gasteiger partial charge in [0.1, 0.15) is 0 Å². The van der Waals surface area contributed by atoms with Crippen LogP contribution in [0.5, 0.6) is 0 Å². The van der Waals surface area contributed by atoms with Crippen molar-refractivity contribution < 1.29 is 14.4 Å². The fourth-order valence-corrected chi connectivity index (χ4v) is 4.15. The third-order valence-electron chi connectivity index (χ3n) is 3.69. The summed E-state index contributed by atoms with van der Waals surface area (Å²) in [6, 6.07) is 0. The first-order chi connectivity index (χ1) is 14.5. The van der Waals surface area contributed by atoms with Gasteiger partial charge in [0.2, 0.25) is 17.7 Å². The van der Waals surface area contributed by atoms with Crippen LogP contribution in [0.4, 0.5) is 0 Å². The molecule has 9 nitrogen and oxygen atoms in total. The van der Waals surface area contributed by atoms with Gasteiger partial charge >= 0.3 is 0 Å². The van der Waals surface area contributed by atoms with Crippen LogP contribution in [-0.4, -0.2) is 103 Å². The number of rotatable bonds is 20. The lowest BCUT2D eigenvalue weighted by molar-refractivity contribution is -0.128. The molecule has 0 saturated carbocycles. The minimum absolute atomic E-state index is 0.0138. The summed E-state index contributed by atoms with van der Waals surface area (Å²) in [4.78, 5) is 37.7. The average Bonchev–Trinajstić information content (AvgIpc) is 2.73. The standard InChI is InChI=1S/C18H38N6O3S3/c19-3-10-28-13-16(25)22-6-1-8-24(18(27)15-30-12-5-21)9-2-7-23-17(26)14-29-11-4-20/h1-15,19-21H2,(H,22,25)(H,23,26). The van der Waals surface area contributed by atoms with Crippen LogP contribution >= 0.6 is 35.3 Å². The second-order valence-corrected chi connectivity index (χ2v) is 9.63. The summed E-state index contributed by atoms with van der Waals surface area (Å²) in [6.45, 7) is 3.85. The van der Waals surface area contributed by atoms with E-state index in [-0.39, 0.29) is 17.7 Å². The predicted octanol–water partition coefficient (Wildman–Crippen LogP) is -1.10. The number of hydrogen-bond acceptors (Lipinski definition) is 9. The topological polar surface area (TPSA) is 157 Å². The Morgan fingerprint density at radius 1 is 0.667 bits per heavy atom. The van der Waals surface area contributed by atoms with Crippen molar-refractivity contribution in [2.24, 2.45) is 17.2 Å². The van der Waals surface area contributed by atoms with Crippen LogP contribution in [0, 0.1) is 0 Å². The minimum atomic E-state index is -0.0138. The molecule has 30 heavy (non-hydrogen) atoms. The van der Waals surface area contributed by atoms with Crippen LogP contribution in [0.25, 0.3) is 0 Å². The molecule has 0 aromatic rings. The molecular formula is C18H38N6O3S3. The first-order valence-electron chi connectivity index (χ1n) is 10.2. The minimum Gasteiger partial charge on any atom is -0.355 e. The van der Waals surface area contributed by atoms with Gasteiger partial charge in [0.05, 0.1) is 17.3 Å². The van der Waals surface area contributed by atoms with Gasteiger partial charge in [0, 0.05) is 63.1 Å². The Morgan fingerprint density at radius 2 is 1.07 bits per heavy atom. The van der Waals surface area contributed by atoms with E-state index in [9.17, 15) is 14.4 Å². The van der Waals surface area contributed by atoms with Gasteiger partial charge in [-0.2, -0.15) is 35.3 Å². The highest BCUT2D eigenvalue weighted by Crippen LogP contribution is 2.04. The van der Waals surface area contributed by atoms with Crippen LogP contribution in [0.2, 0.25) is 0 Å². The van der Waals surface area contributed by atoms with Gasteiger partial charge in [0.15, 0.2) is 0 Å². The summed E-state index contributed by atoms with van der Waals surface area (Å²) >= 11 is 4.53. The molecule has 0 fully saturated rings. The molecule has 0 rings (SSSR count). The Balaban J connectivity index is 4.20. The molecule has 0 aromatic carbocycles. The van der Waals surface area contributed by atoms with Crippen LogP contribution in [0.1, 0.15) is 12.8 Å². The molecule has 0 aromatic heterocycles. The van der Waals surface area contributed by atoms with Gasteiger partial charge in [-0.1, -0.05) is 0 Å². The Bertz CT molecular complexity index is 444. The molecule has 3 amide bonds. The van der Waals surface area contributed by atoms with E-state index in [2.05, 4.69) is 10.6 Å². The number of hydrogen-bond donors (Lipinski definition) is 5. The highest BCUT2D eigenvalue weighted by atomic mass is 32.2. The van der Waals surface area contributed by atoms with E-state index in [0.29, 0.717) is 75.9 Å². The maximum atomic E-state index is 12.5. The molecule has 12 heteroatoms. The van der Waals surface area contributed by atoms with Crippen LogP contribution in [0.3, 0.4) is 0 Å². The van der Waals surface area contributed by atoms with Crippen molar-refractivity contribution in [2.75, 3.05) is 80.3 Å². The molecule has 0 bridgehead atoms. The lowest BCUT2D eigenvalue weighted by Crippen LogP contribution is -2.38. The van der Waals surface area contributed by atoms with Crippen LogP contribution < -0.4 is 27.8 Å². The van der Waals surface area contributed by atoms with Crippen LogP contribution in [0.15, 0.2) is 0 Å². The number of carbonyl (C=O) groups excluding carboxylic acids is 3. The molecule has 0 unspecified atom stereocenters. The van der Waals surface area contributed by atoms with E-state index >= 15 is 0 Å².